The molecule has 28 heavy (non-hydrogen) atoms. The molecule has 1 aromatic heterocycles. The maximum Gasteiger partial charge on any atom is 0.214 e. The van der Waals surface area contributed by atoms with Crippen LogP contribution in [-0.4, -0.2) is 63.3 Å². The molecule has 2 aliphatic rings. The van der Waals surface area contributed by atoms with Gasteiger partial charge in [-0.25, -0.2) is 18.1 Å². The Morgan fingerprint density at radius 2 is 1.82 bits per heavy atom. The summed E-state index contributed by atoms with van der Waals surface area (Å²) >= 11 is 0. The Kier molecular flexibility index (Phi) is 8.05. The molecule has 6 nitrogen and oxygen atoms in total. The first-order chi connectivity index (χ1) is 13.5. The van der Waals surface area contributed by atoms with Crippen molar-refractivity contribution in [3.63, 3.8) is 0 Å². The summed E-state index contributed by atoms with van der Waals surface area (Å²) in [5, 5.41) is 0. The largest absolute Gasteiger partial charge is 0.354 e. The Hall–Kier alpha value is -1.25. The Morgan fingerprint density at radius 1 is 1.07 bits per heavy atom. The third-order valence-electron chi connectivity index (χ3n) is 5.80. The third-order valence-corrected chi connectivity index (χ3v) is 7.35. The molecule has 1 saturated heterocycles. The lowest BCUT2D eigenvalue weighted by Gasteiger charge is -2.35. The maximum absolute atomic E-state index is 13.3. The van der Waals surface area contributed by atoms with E-state index in [0.29, 0.717) is 24.0 Å². The van der Waals surface area contributed by atoms with E-state index >= 15 is 0 Å². The normalized spacial score (nSPS) is 19.8. The fraction of sp³-hybridized carbons (Fsp3) is 0.750. The zero-order valence-electron chi connectivity index (χ0n) is 16.7. The van der Waals surface area contributed by atoms with Gasteiger partial charge in [-0.1, -0.05) is 25.3 Å². The van der Waals surface area contributed by atoms with Crippen LogP contribution in [0.4, 0.5) is 10.2 Å². The molecule has 3 rings (SSSR count). The Morgan fingerprint density at radius 3 is 2.54 bits per heavy atom. The molecule has 8 heteroatoms. The van der Waals surface area contributed by atoms with Gasteiger partial charge in [0, 0.05) is 32.7 Å². The zero-order valence-corrected chi connectivity index (χ0v) is 17.5. The number of pyridine rings is 1. The number of sulfonamides is 1. The molecule has 0 aromatic carbocycles. The summed E-state index contributed by atoms with van der Waals surface area (Å²) in [4.78, 5) is 8.44. The molecule has 1 saturated carbocycles. The highest BCUT2D eigenvalue weighted by Gasteiger charge is 2.21. The number of anilines is 1. The van der Waals surface area contributed by atoms with E-state index < -0.39 is 16.0 Å². The van der Waals surface area contributed by atoms with Gasteiger partial charge in [-0.2, -0.15) is 4.39 Å². The van der Waals surface area contributed by atoms with Gasteiger partial charge >= 0.3 is 0 Å². The fourth-order valence-electron chi connectivity index (χ4n) is 4.19. The highest BCUT2D eigenvalue weighted by Crippen LogP contribution is 2.24. The molecule has 2 fully saturated rings. The number of piperazine rings is 1. The third kappa shape index (κ3) is 6.97. The van der Waals surface area contributed by atoms with E-state index in [-0.39, 0.29) is 0 Å². The lowest BCUT2D eigenvalue weighted by molar-refractivity contribution is 0.252. The second-order valence-electron chi connectivity index (χ2n) is 8.03. The van der Waals surface area contributed by atoms with Crippen molar-refractivity contribution in [3.05, 3.63) is 24.1 Å². The van der Waals surface area contributed by atoms with Crippen molar-refractivity contribution in [1.82, 2.24) is 14.6 Å². The first kappa shape index (κ1) is 21.5. The van der Waals surface area contributed by atoms with Crippen molar-refractivity contribution in [2.45, 2.75) is 44.9 Å². The Labute approximate surface area is 168 Å². The molecule has 0 radical (unpaired) electrons. The SMILES string of the molecule is O=S(=O)(CC1CCCCC1)NCCCCN1CCN(c2cccc(F)n2)CC1. The van der Waals surface area contributed by atoms with Crippen molar-refractivity contribution < 1.29 is 12.8 Å². The van der Waals surface area contributed by atoms with Crippen LogP contribution >= 0.6 is 0 Å². The van der Waals surface area contributed by atoms with Crippen LogP contribution in [-0.2, 0) is 10.0 Å². The van der Waals surface area contributed by atoms with Crippen LogP contribution in [0, 0.1) is 11.9 Å². The number of unbranched alkanes of at least 4 members (excludes halogenated alkanes) is 1. The van der Waals surface area contributed by atoms with Gasteiger partial charge < -0.3 is 4.90 Å². The summed E-state index contributed by atoms with van der Waals surface area (Å²) in [6.07, 6.45) is 7.53. The number of aromatic nitrogens is 1. The Bertz CT molecular complexity index is 702. The van der Waals surface area contributed by atoms with Gasteiger partial charge in [0.25, 0.3) is 0 Å². The van der Waals surface area contributed by atoms with Gasteiger partial charge in [-0.3, -0.25) is 4.90 Å². The van der Waals surface area contributed by atoms with Crippen LogP contribution in [0.5, 0.6) is 0 Å². The predicted octanol–water partition coefficient (Wildman–Crippen LogP) is 2.62. The van der Waals surface area contributed by atoms with E-state index in [4.69, 9.17) is 0 Å². The van der Waals surface area contributed by atoms with E-state index in [1.165, 1.54) is 25.3 Å². The summed E-state index contributed by atoms with van der Waals surface area (Å²) in [5.74, 6) is 0.899. The number of hydrogen-bond acceptors (Lipinski definition) is 5. The molecule has 0 bridgehead atoms. The first-order valence-electron chi connectivity index (χ1n) is 10.6. The summed E-state index contributed by atoms with van der Waals surface area (Å²) in [6, 6.07) is 4.90. The van der Waals surface area contributed by atoms with E-state index in [1.54, 1.807) is 6.07 Å². The topological polar surface area (TPSA) is 65.5 Å². The molecule has 1 aliphatic carbocycles. The molecule has 0 spiro atoms. The Balaban J connectivity index is 1.28. The summed E-state index contributed by atoms with van der Waals surface area (Å²) in [7, 11) is -3.14. The molecule has 0 unspecified atom stereocenters. The van der Waals surface area contributed by atoms with Crippen molar-refractivity contribution in [2.24, 2.45) is 5.92 Å². The molecule has 1 aliphatic heterocycles. The number of nitrogens with one attached hydrogen (secondary N) is 1. The van der Waals surface area contributed by atoms with Crippen LogP contribution < -0.4 is 9.62 Å². The molecular formula is C20H33FN4O2S. The monoisotopic (exact) mass is 412 g/mol. The van der Waals surface area contributed by atoms with Crippen LogP contribution in [0.1, 0.15) is 44.9 Å². The van der Waals surface area contributed by atoms with Gasteiger partial charge in [0.1, 0.15) is 5.82 Å². The van der Waals surface area contributed by atoms with Crippen LogP contribution in [0.2, 0.25) is 0 Å². The van der Waals surface area contributed by atoms with Crippen LogP contribution in [0.3, 0.4) is 0 Å². The number of rotatable bonds is 9. The maximum atomic E-state index is 13.3. The van der Waals surface area contributed by atoms with Crippen molar-refractivity contribution in [2.75, 3.05) is 49.9 Å². The molecule has 158 valence electrons. The number of nitrogens with zero attached hydrogens (tertiary/aromatic N) is 3. The smallest absolute Gasteiger partial charge is 0.214 e. The minimum Gasteiger partial charge on any atom is -0.354 e. The second kappa shape index (κ2) is 10.5. The van der Waals surface area contributed by atoms with Crippen molar-refractivity contribution in [3.8, 4) is 0 Å². The molecular weight excluding hydrogens is 379 g/mol. The highest BCUT2D eigenvalue weighted by molar-refractivity contribution is 7.89. The quantitative estimate of drug-likeness (QED) is 0.499. The van der Waals surface area contributed by atoms with Gasteiger partial charge in [0.2, 0.25) is 16.0 Å². The molecule has 0 atom stereocenters. The van der Waals surface area contributed by atoms with E-state index in [1.807, 2.05) is 6.07 Å². The van der Waals surface area contributed by atoms with Crippen molar-refractivity contribution in [1.29, 1.82) is 0 Å². The van der Waals surface area contributed by atoms with Gasteiger partial charge in [-0.15, -0.1) is 0 Å². The van der Waals surface area contributed by atoms with Crippen LogP contribution in [0.15, 0.2) is 18.2 Å². The second-order valence-corrected chi connectivity index (χ2v) is 9.89. The lowest BCUT2D eigenvalue weighted by atomic mass is 9.91. The molecule has 0 amide bonds. The zero-order chi connectivity index (χ0) is 19.8. The average molecular weight is 413 g/mol. The average Bonchev–Trinajstić information content (AvgIpc) is 2.68. The number of hydrogen-bond donors (Lipinski definition) is 1. The fourth-order valence-corrected chi connectivity index (χ4v) is 5.71. The summed E-state index contributed by atoms with van der Waals surface area (Å²) in [5.41, 5.74) is 0. The first-order valence-corrected chi connectivity index (χ1v) is 12.2. The molecule has 1 aromatic rings. The van der Waals surface area contributed by atoms with Gasteiger partial charge in [0.15, 0.2) is 0 Å². The minimum atomic E-state index is -3.14. The predicted molar refractivity (Wildman–Crippen MR) is 110 cm³/mol. The molecule has 1 N–H and O–H groups in total. The van der Waals surface area contributed by atoms with Crippen LogP contribution in [0.25, 0.3) is 0 Å². The van der Waals surface area contributed by atoms with E-state index in [0.717, 1.165) is 58.4 Å². The lowest BCUT2D eigenvalue weighted by Crippen LogP contribution is -2.47. The standard InChI is InChI=1S/C20H33FN4O2S/c21-19-9-6-10-20(23-19)25-15-13-24(14-16-25)12-5-4-11-22-28(26,27)17-18-7-2-1-3-8-18/h6,9-10,18,22H,1-5,7-8,11-17H2. The van der Waals surface area contributed by atoms with E-state index in [9.17, 15) is 12.8 Å². The molecule has 2 heterocycles. The van der Waals surface area contributed by atoms with Gasteiger partial charge in [-0.05, 0) is 50.3 Å². The highest BCUT2D eigenvalue weighted by atomic mass is 32.2. The minimum absolute atomic E-state index is 0.295. The van der Waals surface area contributed by atoms with Crippen molar-refractivity contribution >= 4 is 15.8 Å². The summed E-state index contributed by atoms with van der Waals surface area (Å²) in [6.45, 7) is 5.02. The van der Waals surface area contributed by atoms with Gasteiger partial charge in [0.05, 0.1) is 5.75 Å². The summed E-state index contributed by atoms with van der Waals surface area (Å²) < 4.78 is 40.4. The number of halogens is 1. The van der Waals surface area contributed by atoms with E-state index in [2.05, 4.69) is 19.5 Å².